The number of hydrogen-bond donors (Lipinski definition) is 1. The number of piperidine rings is 1. The summed E-state index contributed by atoms with van der Waals surface area (Å²) in [4.78, 5) is 2.32. The zero-order chi connectivity index (χ0) is 13.1. The lowest BCUT2D eigenvalue weighted by atomic mass is 9.96. The van der Waals surface area contributed by atoms with Crippen molar-refractivity contribution in [2.75, 3.05) is 6.54 Å². The van der Waals surface area contributed by atoms with Gasteiger partial charge in [0.15, 0.2) is 0 Å². The monoisotopic (exact) mass is 350 g/mol. The van der Waals surface area contributed by atoms with Gasteiger partial charge in [-0.2, -0.15) is 0 Å². The smallest absolute Gasteiger partial charge is 0.127 e. The number of hydrogen-bond acceptors (Lipinski definition) is 2. The first-order valence-corrected chi connectivity index (χ1v) is 7.31. The lowest BCUT2D eigenvalue weighted by Gasteiger charge is -2.38. The molecule has 0 radical (unpaired) electrons. The molecule has 1 aliphatic rings. The molecule has 2 atom stereocenters. The van der Waals surface area contributed by atoms with Crippen LogP contribution < -0.4 is 5.73 Å². The minimum atomic E-state index is -0.132. The van der Waals surface area contributed by atoms with Gasteiger partial charge < -0.3 is 5.73 Å². The fourth-order valence-electron chi connectivity index (χ4n) is 2.69. The van der Waals surface area contributed by atoms with Gasteiger partial charge in [0.2, 0.25) is 0 Å². The number of likely N-dealkylation sites (tertiary alicyclic amines) is 1. The summed E-state index contributed by atoms with van der Waals surface area (Å²) in [7, 11) is 0. The molecule has 1 saturated heterocycles. The van der Waals surface area contributed by atoms with Gasteiger partial charge in [0.25, 0.3) is 0 Å². The average Bonchev–Trinajstić information content (AvgIpc) is 2.34. The van der Waals surface area contributed by atoms with Crippen molar-refractivity contribution >= 4 is 28.3 Å². The summed E-state index contributed by atoms with van der Waals surface area (Å²) in [5, 5.41) is 0. The number of nitrogens with zero attached hydrogens (tertiary/aromatic N) is 1. The molecular formula is C14H21BrClFN2. The maximum Gasteiger partial charge on any atom is 0.127 e. The Morgan fingerprint density at radius 2 is 2.21 bits per heavy atom. The van der Waals surface area contributed by atoms with Crippen LogP contribution in [-0.2, 0) is 6.54 Å². The lowest BCUT2D eigenvalue weighted by Crippen LogP contribution is -2.48. The maximum absolute atomic E-state index is 13.8. The largest absolute Gasteiger partial charge is 0.327 e. The summed E-state index contributed by atoms with van der Waals surface area (Å²) in [6.45, 7) is 3.70. The van der Waals surface area contributed by atoms with E-state index in [-0.39, 0.29) is 24.3 Å². The Morgan fingerprint density at radius 3 is 2.89 bits per heavy atom. The molecule has 19 heavy (non-hydrogen) atoms. The maximum atomic E-state index is 13.8. The highest BCUT2D eigenvalue weighted by Gasteiger charge is 2.25. The Bertz CT molecular complexity index is 414. The lowest BCUT2D eigenvalue weighted by molar-refractivity contribution is 0.121. The number of rotatable bonds is 3. The van der Waals surface area contributed by atoms with E-state index < -0.39 is 0 Å². The van der Waals surface area contributed by atoms with Crippen LogP contribution in [0.1, 0.15) is 31.7 Å². The van der Waals surface area contributed by atoms with E-state index in [1.807, 2.05) is 13.0 Å². The molecule has 1 heterocycles. The van der Waals surface area contributed by atoms with Crippen LogP contribution in [0.5, 0.6) is 0 Å². The molecule has 0 aromatic heterocycles. The highest BCUT2D eigenvalue weighted by Crippen LogP contribution is 2.23. The normalized spacial score (nSPS) is 21.8. The molecule has 1 aromatic rings. The minimum Gasteiger partial charge on any atom is -0.327 e. The molecule has 0 amide bonds. The van der Waals surface area contributed by atoms with Crippen molar-refractivity contribution in [1.82, 2.24) is 4.90 Å². The molecule has 2 unspecified atom stereocenters. The first-order valence-electron chi connectivity index (χ1n) is 6.51. The van der Waals surface area contributed by atoms with Gasteiger partial charge in [-0.3, -0.25) is 4.90 Å². The SMILES string of the molecule is CC(N)C1CCCCN1Cc1cc(Br)ccc1F.Cl. The molecule has 0 spiro atoms. The van der Waals surface area contributed by atoms with Crippen LogP contribution in [0.3, 0.4) is 0 Å². The van der Waals surface area contributed by atoms with Gasteiger partial charge in [0, 0.05) is 28.7 Å². The number of halogens is 3. The molecule has 0 bridgehead atoms. The molecule has 0 aliphatic carbocycles. The van der Waals surface area contributed by atoms with Gasteiger partial charge in [-0.15, -0.1) is 12.4 Å². The van der Waals surface area contributed by atoms with E-state index in [9.17, 15) is 4.39 Å². The molecule has 1 aromatic carbocycles. The van der Waals surface area contributed by atoms with Gasteiger partial charge in [-0.25, -0.2) is 4.39 Å². The van der Waals surface area contributed by atoms with Crippen molar-refractivity contribution in [3.63, 3.8) is 0 Å². The fourth-order valence-corrected chi connectivity index (χ4v) is 3.10. The second-order valence-corrected chi connectivity index (χ2v) is 6.04. The Morgan fingerprint density at radius 1 is 1.47 bits per heavy atom. The third-order valence-electron chi connectivity index (χ3n) is 3.65. The summed E-state index contributed by atoms with van der Waals surface area (Å²) < 4.78 is 14.7. The van der Waals surface area contributed by atoms with Crippen LogP contribution >= 0.6 is 28.3 Å². The molecule has 108 valence electrons. The average molecular weight is 352 g/mol. The van der Waals surface area contributed by atoms with Crippen LogP contribution in [0.25, 0.3) is 0 Å². The van der Waals surface area contributed by atoms with Crippen molar-refractivity contribution in [1.29, 1.82) is 0 Å². The third kappa shape index (κ3) is 4.42. The second kappa shape index (κ2) is 7.58. The minimum absolute atomic E-state index is 0. The summed E-state index contributed by atoms with van der Waals surface area (Å²) >= 11 is 3.40. The van der Waals surface area contributed by atoms with Gasteiger partial charge in [0.05, 0.1) is 0 Å². The predicted molar refractivity (Wildman–Crippen MR) is 83.0 cm³/mol. The zero-order valence-corrected chi connectivity index (χ0v) is 13.5. The van der Waals surface area contributed by atoms with Crippen molar-refractivity contribution in [3.05, 3.63) is 34.1 Å². The van der Waals surface area contributed by atoms with E-state index in [0.717, 1.165) is 23.0 Å². The number of nitrogens with two attached hydrogens (primary N) is 1. The topological polar surface area (TPSA) is 29.3 Å². The van der Waals surface area contributed by atoms with E-state index in [1.165, 1.54) is 18.9 Å². The predicted octanol–water partition coefficient (Wildman–Crippen LogP) is 3.71. The Hall–Kier alpha value is -0.160. The third-order valence-corrected chi connectivity index (χ3v) is 4.15. The van der Waals surface area contributed by atoms with Crippen molar-refractivity contribution in [3.8, 4) is 0 Å². The van der Waals surface area contributed by atoms with Gasteiger partial charge in [-0.1, -0.05) is 22.4 Å². The van der Waals surface area contributed by atoms with Crippen LogP contribution in [0, 0.1) is 5.82 Å². The molecule has 2 N–H and O–H groups in total. The Labute approximate surface area is 129 Å². The van der Waals surface area contributed by atoms with Crippen molar-refractivity contribution in [2.45, 2.75) is 44.8 Å². The van der Waals surface area contributed by atoms with E-state index in [0.29, 0.717) is 12.6 Å². The summed E-state index contributed by atoms with van der Waals surface area (Å²) in [6.07, 6.45) is 3.52. The van der Waals surface area contributed by atoms with Crippen molar-refractivity contribution in [2.24, 2.45) is 5.73 Å². The Kier molecular flexibility index (Phi) is 6.74. The molecule has 1 fully saturated rings. The van der Waals surface area contributed by atoms with Gasteiger partial charge in [0.1, 0.15) is 5.82 Å². The van der Waals surface area contributed by atoms with E-state index in [2.05, 4.69) is 20.8 Å². The molecule has 2 nitrogen and oxygen atoms in total. The van der Waals surface area contributed by atoms with Gasteiger partial charge >= 0.3 is 0 Å². The van der Waals surface area contributed by atoms with Crippen LogP contribution in [0.2, 0.25) is 0 Å². The zero-order valence-electron chi connectivity index (χ0n) is 11.1. The van der Waals surface area contributed by atoms with Crippen LogP contribution in [-0.4, -0.2) is 23.5 Å². The van der Waals surface area contributed by atoms with Crippen molar-refractivity contribution < 1.29 is 4.39 Å². The standard InChI is InChI=1S/C14H20BrFN2.ClH/c1-10(17)14-4-2-3-7-18(14)9-11-8-12(15)5-6-13(11)16;/h5-6,8,10,14H,2-4,7,9,17H2,1H3;1H. The number of benzene rings is 1. The molecule has 1 aliphatic heterocycles. The molecular weight excluding hydrogens is 331 g/mol. The Balaban J connectivity index is 0.00000180. The molecule has 2 rings (SSSR count). The highest BCUT2D eigenvalue weighted by atomic mass is 79.9. The quantitative estimate of drug-likeness (QED) is 0.899. The summed E-state index contributed by atoms with van der Waals surface area (Å²) in [5.74, 6) is -0.132. The second-order valence-electron chi connectivity index (χ2n) is 5.13. The molecule has 5 heteroatoms. The van der Waals surface area contributed by atoms with Crippen LogP contribution in [0.4, 0.5) is 4.39 Å². The first kappa shape index (κ1) is 16.9. The molecule has 0 saturated carbocycles. The fraction of sp³-hybridized carbons (Fsp3) is 0.571. The van der Waals surface area contributed by atoms with Crippen LogP contribution in [0.15, 0.2) is 22.7 Å². The van der Waals surface area contributed by atoms with E-state index >= 15 is 0 Å². The van der Waals surface area contributed by atoms with E-state index in [1.54, 1.807) is 6.07 Å². The van der Waals surface area contributed by atoms with E-state index in [4.69, 9.17) is 5.73 Å². The summed E-state index contributed by atoms with van der Waals surface area (Å²) in [5.41, 5.74) is 6.78. The highest BCUT2D eigenvalue weighted by molar-refractivity contribution is 9.10. The first-order chi connectivity index (χ1) is 8.58. The van der Waals surface area contributed by atoms with Gasteiger partial charge in [-0.05, 0) is 44.5 Å². The summed E-state index contributed by atoms with van der Waals surface area (Å²) in [6, 6.07) is 5.63.